The van der Waals surface area contributed by atoms with Crippen molar-refractivity contribution in [2.75, 3.05) is 6.54 Å². The number of aliphatic imine (C=N–C) groups is 1. The molecule has 1 N–H and O–H groups in total. The Bertz CT molecular complexity index is 799. The summed E-state index contributed by atoms with van der Waals surface area (Å²) >= 11 is 11.7. The number of nitrogens with one attached hydrogen (secondary N) is 1. The Morgan fingerprint density at radius 1 is 1.26 bits per heavy atom. The monoisotopic (exact) mass is 368 g/mol. The predicted molar refractivity (Wildman–Crippen MR) is 93.8 cm³/mol. The Morgan fingerprint density at radius 2 is 2.09 bits per heavy atom. The normalized spacial score (nSPS) is 21.6. The minimum Gasteiger partial charge on any atom is -0.593 e. The number of benzene rings is 1. The van der Waals surface area contributed by atoms with Gasteiger partial charge in [0, 0.05) is 18.8 Å². The van der Waals surface area contributed by atoms with Gasteiger partial charge in [-0.15, -0.1) is 4.72 Å². The average molecular weight is 369 g/mol. The van der Waals surface area contributed by atoms with Crippen molar-refractivity contribution in [2.24, 2.45) is 4.99 Å². The van der Waals surface area contributed by atoms with Crippen LogP contribution in [0.25, 0.3) is 0 Å². The Morgan fingerprint density at radius 3 is 2.87 bits per heavy atom. The largest absolute Gasteiger partial charge is 0.593 e. The summed E-state index contributed by atoms with van der Waals surface area (Å²) in [6.45, 7) is 0.289. The lowest BCUT2D eigenvalue weighted by Gasteiger charge is -2.16. The van der Waals surface area contributed by atoms with Crippen molar-refractivity contribution in [3.05, 3.63) is 63.7 Å². The second kappa shape index (κ2) is 6.71. The first-order chi connectivity index (χ1) is 11.0. The van der Waals surface area contributed by atoms with Crippen LogP contribution in [-0.2, 0) is 14.6 Å². The van der Waals surface area contributed by atoms with Crippen molar-refractivity contribution in [2.45, 2.75) is 17.4 Å². The van der Waals surface area contributed by atoms with Gasteiger partial charge in [0.2, 0.25) is 0 Å². The highest BCUT2D eigenvalue weighted by Gasteiger charge is 2.23. The standard InChI is InChI=1S/C16H14Cl2N2O2S/c17-14-6-5-12(9-15(14)18)23(21,22)20-8-7-11-10-19-16-4-2-1-3-13(11)16/h1-6,9-10,16H,7-8H2,(H-,20,21,22). The van der Waals surface area contributed by atoms with Crippen molar-refractivity contribution in [3.63, 3.8) is 0 Å². The summed E-state index contributed by atoms with van der Waals surface area (Å²) in [6, 6.07) is 4.31. The van der Waals surface area contributed by atoms with Crippen LogP contribution in [0.2, 0.25) is 10.0 Å². The third kappa shape index (κ3) is 3.65. The van der Waals surface area contributed by atoms with Crippen LogP contribution in [0.1, 0.15) is 6.42 Å². The summed E-state index contributed by atoms with van der Waals surface area (Å²) < 4.78 is 27.1. The first-order valence-electron chi connectivity index (χ1n) is 7.03. The number of hydrogen-bond acceptors (Lipinski definition) is 3. The van der Waals surface area contributed by atoms with Crippen LogP contribution in [0, 0.1) is 0 Å². The number of rotatable bonds is 5. The molecule has 0 aromatic heterocycles. The maximum Gasteiger partial charge on any atom is 0.176 e. The van der Waals surface area contributed by atoms with Gasteiger partial charge in [-0.1, -0.05) is 51.7 Å². The second-order valence-electron chi connectivity index (χ2n) is 5.17. The quantitative estimate of drug-likeness (QED) is 0.804. The minimum atomic E-state index is -3.61. The third-order valence-electron chi connectivity index (χ3n) is 3.65. The molecular formula is C16H14Cl2N2O2S. The molecule has 0 bridgehead atoms. The maximum absolute atomic E-state index is 12.3. The van der Waals surface area contributed by atoms with Gasteiger partial charge in [-0.3, -0.25) is 4.99 Å². The Balaban J connectivity index is 1.65. The molecule has 1 heterocycles. The van der Waals surface area contributed by atoms with Gasteiger partial charge < -0.3 is 4.55 Å². The van der Waals surface area contributed by atoms with Crippen LogP contribution in [-0.4, -0.2) is 23.4 Å². The molecule has 7 heteroatoms. The molecule has 0 saturated carbocycles. The number of halogens is 2. The van der Waals surface area contributed by atoms with Crippen molar-refractivity contribution in [3.8, 4) is 0 Å². The minimum absolute atomic E-state index is 0.0710. The molecule has 2 atom stereocenters. The van der Waals surface area contributed by atoms with E-state index in [0.29, 0.717) is 11.4 Å². The summed E-state index contributed by atoms with van der Waals surface area (Å²) in [7, 11) is -3.61. The summed E-state index contributed by atoms with van der Waals surface area (Å²) in [5, 5.41) is 0.535. The van der Waals surface area contributed by atoms with E-state index in [1.807, 2.05) is 30.5 Å². The van der Waals surface area contributed by atoms with E-state index >= 15 is 0 Å². The topological polar surface area (TPSA) is 64.5 Å². The SMILES string of the molecule is O=[S+]([O-])(NCCC1=C2C=CC=CC2N=C1)c1ccc(Cl)c(Cl)c1. The third-order valence-corrected chi connectivity index (χ3v) is 5.85. The van der Waals surface area contributed by atoms with Gasteiger partial charge >= 0.3 is 0 Å². The number of fused-ring (bicyclic) bond motifs is 1. The molecule has 0 amide bonds. The molecule has 120 valence electrons. The number of hydrogen-bond donors (Lipinski definition) is 1. The molecule has 1 aromatic rings. The lowest BCUT2D eigenvalue weighted by atomic mass is 9.99. The van der Waals surface area contributed by atoms with E-state index < -0.39 is 10.4 Å². The molecule has 1 aliphatic heterocycles. The van der Waals surface area contributed by atoms with Gasteiger partial charge in [-0.25, -0.2) is 0 Å². The van der Waals surface area contributed by atoms with Crippen LogP contribution in [0.4, 0.5) is 0 Å². The Hall–Kier alpha value is -1.24. The highest BCUT2D eigenvalue weighted by Crippen LogP contribution is 2.27. The molecule has 0 fully saturated rings. The summed E-state index contributed by atoms with van der Waals surface area (Å²) in [5.41, 5.74) is 2.17. The van der Waals surface area contributed by atoms with Gasteiger partial charge in [0.15, 0.2) is 15.3 Å². The van der Waals surface area contributed by atoms with E-state index in [1.54, 1.807) is 0 Å². The van der Waals surface area contributed by atoms with Crippen molar-refractivity contribution in [1.82, 2.24) is 4.72 Å². The Labute approximate surface area is 146 Å². The molecule has 3 rings (SSSR count). The highest BCUT2D eigenvalue weighted by molar-refractivity contribution is 7.95. The van der Waals surface area contributed by atoms with Gasteiger partial charge in [0.05, 0.1) is 16.1 Å². The van der Waals surface area contributed by atoms with Crippen LogP contribution < -0.4 is 4.72 Å². The zero-order chi connectivity index (χ0) is 16.4. The number of nitrogens with zero attached hydrogens (tertiary/aromatic N) is 1. The van der Waals surface area contributed by atoms with Crippen molar-refractivity contribution < 1.29 is 8.76 Å². The average Bonchev–Trinajstić information content (AvgIpc) is 2.93. The van der Waals surface area contributed by atoms with Crippen LogP contribution >= 0.6 is 23.2 Å². The molecular weight excluding hydrogens is 355 g/mol. The number of sulfonamides is 1. The van der Waals surface area contributed by atoms with Crippen LogP contribution in [0.3, 0.4) is 0 Å². The van der Waals surface area contributed by atoms with Gasteiger partial charge in [-0.2, -0.15) is 0 Å². The predicted octanol–water partition coefficient (Wildman–Crippen LogP) is 3.75. The maximum atomic E-state index is 12.3. The molecule has 4 nitrogen and oxygen atoms in total. The van der Waals surface area contributed by atoms with Crippen LogP contribution in [0.15, 0.2) is 63.5 Å². The number of allylic oxidation sites excluding steroid dienone is 2. The fraction of sp³-hybridized carbons (Fsp3) is 0.188. The molecule has 1 aliphatic carbocycles. The van der Waals surface area contributed by atoms with Gasteiger partial charge in [0.25, 0.3) is 0 Å². The fourth-order valence-electron chi connectivity index (χ4n) is 2.46. The second-order valence-corrected chi connectivity index (χ2v) is 7.75. The zero-order valence-electron chi connectivity index (χ0n) is 12.0. The first-order valence-corrected chi connectivity index (χ1v) is 9.27. The first kappa shape index (κ1) is 16.6. The molecule has 0 radical (unpaired) electrons. The lowest BCUT2D eigenvalue weighted by molar-refractivity contribution is 0.465. The highest BCUT2D eigenvalue weighted by atomic mass is 35.5. The van der Waals surface area contributed by atoms with E-state index in [0.717, 1.165) is 11.1 Å². The molecule has 2 aliphatic rings. The van der Waals surface area contributed by atoms with E-state index in [9.17, 15) is 8.76 Å². The summed E-state index contributed by atoms with van der Waals surface area (Å²) in [6.07, 6.45) is 10.3. The van der Waals surface area contributed by atoms with Crippen LogP contribution in [0.5, 0.6) is 0 Å². The van der Waals surface area contributed by atoms with E-state index in [4.69, 9.17) is 23.2 Å². The smallest absolute Gasteiger partial charge is 0.176 e. The summed E-state index contributed by atoms with van der Waals surface area (Å²) in [5.74, 6) is 0. The van der Waals surface area contributed by atoms with Gasteiger partial charge in [0.1, 0.15) is 0 Å². The molecule has 1 aromatic carbocycles. The van der Waals surface area contributed by atoms with Gasteiger partial charge in [-0.05, 0) is 29.7 Å². The molecule has 0 spiro atoms. The molecule has 2 unspecified atom stereocenters. The summed E-state index contributed by atoms with van der Waals surface area (Å²) in [4.78, 5) is 4.49. The molecule has 23 heavy (non-hydrogen) atoms. The lowest BCUT2D eigenvalue weighted by Crippen LogP contribution is -2.31. The zero-order valence-corrected chi connectivity index (χ0v) is 14.4. The van der Waals surface area contributed by atoms with E-state index in [1.165, 1.54) is 18.2 Å². The van der Waals surface area contributed by atoms with E-state index in [-0.39, 0.29) is 22.5 Å². The van der Waals surface area contributed by atoms with E-state index in [2.05, 4.69) is 9.71 Å². The Kier molecular flexibility index (Phi) is 4.85. The molecule has 0 saturated heterocycles. The fourth-order valence-corrected chi connectivity index (χ4v) is 3.88. The van der Waals surface area contributed by atoms with Crippen molar-refractivity contribution >= 4 is 39.8 Å². The van der Waals surface area contributed by atoms with Crippen molar-refractivity contribution in [1.29, 1.82) is 0 Å².